The summed E-state index contributed by atoms with van der Waals surface area (Å²) >= 11 is 0. The minimum absolute atomic E-state index is 0. The molecule has 8 heteroatoms. The summed E-state index contributed by atoms with van der Waals surface area (Å²) in [7, 11) is 0. The zero-order valence-electron chi connectivity index (χ0n) is 6.94. The Morgan fingerprint density at radius 3 is 1.93 bits per heavy atom. The van der Waals surface area contributed by atoms with E-state index in [1.165, 1.54) is 0 Å². The van der Waals surface area contributed by atoms with Gasteiger partial charge in [0.25, 0.3) is 0 Å². The Morgan fingerprint density at radius 2 is 1.50 bits per heavy atom. The van der Waals surface area contributed by atoms with Crippen LogP contribution in [0.3, 0.4) is 0 Å². The van der Waals surface area contributed by atoms with E-state index in [-0.39, 0.29) is 5.48 Å². The van der Waals surface area contributed by atoms with Crippen molar-refractivity contribution in [2.75, 3.05) is 0 Å². The van der Waals surface area contributed by atoms with Crippen molar-refractivity contribution >= 4 is 5.97 Å². The van der Waals surface area contributed by atoms with E-state index in [1.807, 2.05) is 0 Å². The van der Waals surface area contributed by atoms with E-state index in [9.17, 15) is 4.79 Å². The van der Waals surface area contributed by atoms with Gasteiger partial charge in [-0.05, 0) is 0 Å². The van der Waals surface area contributed by atoms with Crippen molar-refractivity contribution in [3.63, 3.8) is 0 Å². The molecule has 3 unspecified atom stereocenters. The number of aliphatic hydroxyl groups is 4. The van der Waals surface area contributed by atoms with Gasteiger partial charge in [0.1, 0.15) is 18.3 Å². The maximum absolute atomic E-state index is 10.4. The summed E-state index contributed by atoms with van der Waals surface area (Å²) in [6.07, 6.45) is -8.72. The Bertz CT molecular complexity index is 206. The highest BCUT2D eigenvalue weighted by atomic mass is 16.6. The molecule has 0 aliphatic carbocycles. The van der Waals surface area contributed by atoms with Crippen LogP contribution in [0.4, 0.5) is 0 Å². The SMILES string of the molecule is O.O=C(O)C1OC(O)C(O)[C@H](O)[C@H]1O. The first-order chi connectivity index (χ1) is 5.95. The number of hydrogen-bond donors (Lipinski definition) is 5. The predicted molar refractivity (Wildman–Crippen MR) is 40.1 cm³/mol. The van der Waals surface area contributed by atoms with Gasteiger partial charge in [0.2, 0.25) is 0 Å². The van der Waals surface area contributed by atoms with Crippen molar-refractivity contribution in [1.82, 2.24) is 0 Å². The number of aliphatic hydroxyl groups excluding tert-OH is 4. The molecule has 1 aliphatic rings. The number of carbonyl (C=O) groups is 1. The molecule has 1 rings (SSSR count). The van der Waals surface area contributed by atoms with E-state index in [1.54, 1.807) is 0 Å². The lowest BCUT2D eigenvalue weighted by molar-refractivity contribution is -0.279. The fourth-order valence-corrected chi connectivity index (χ4v) is 1.07. The predicted octanol–water partition coefficient (Wildman–Crippen LogP) is -3.95. The quantitative estimate of drug-likeness (QED) is 0.296. The highest BCUT2D eigenvalue weighted by Gasteiger charge is 2.46. The highest BCUT2D eigenvalue weighted by molar-refractivity contribution is 5.73. The van der Waals surface area contributed by atoms with E-state index in [0.717, 1.165) is 0 Å². The molecule has 5 atom stereocenters. The second-order valence-corrected chi connectivity index (χ2v) is 2.76. The van der Waals surface area contributed by atoms with Crippen molar-refractivity contribution < 1.29 is 40.5 Å². The van der Waals surface area contributed by atoms with Crippen molar-refractivity contribution in [3.8, 4) is 0 Å². The molecule has 84 valence electrons. The zero-order valence-corrected chi connectivity index (χ0v) is 6.94. The summed E-state index contributed by atoms with van der Waals surface area (Å²) in [5.41, 5.74) is 0. The van der Waals surface area contributed by atoms with E-state index in [4.69, 9.17) is 25.5 Å². The van der Waals surface area contributed by atoms with Crippen molar-refractivity contribution in [1.29, 1.82) is 0 Å². The number of hydrogen-bond acceptors (Lipinski definition) is 6. The lowest BCUT2D eigenvalue weighted by Crippen LogP contribution is -2.59. The van der Waals surface area contributed by atoms with E-state index in [2.05, 4.69) is 4.74 Å². The number of rotatable bonds is 1. The lowest BCUT2D eigenvalue weighted by atomic mass is 9.99. The third-order valence-corrected chi connectivity index (χ3v) is 1.83. The van der Waals surface area contributed by atoms with Gasteiger partial charge >= 0.3 is 5.97 Å². The van der Waals surface area contributed by atoms with E-state index >= 15 is 0 Å². The van der Waals surface area contributed by atoms with Gasteiger partial charge in [-0.1, -0.05) is 0 Å². The molecule has 0 spiro atoms. The van der Waals surface area contributed by atoms with Crippen LogP contribution >= 0.6 is 0 Å². The summed E-state index contributed by atoms with van der Waals surface area (Å²) in [5, 5.41) is 44.4. The first-order valence-electron chi connectivity index (χ1n) is 3.55. The standard InChI is InChI=1S/C6H10O7.H2O/c7-1-2(8)4(5(10)11)13-6(12)3(1)9;/h1-4,6-9,12H,(H,10,11);1H2/t1-,2-,3?,4?,6?;/m1./s1. The Morgan fingerprint density at radius 1 is 1.00 bits per heavy atom. The Balaban J connectivity index is 0.00000169. The van der Waals surface area contributed by atoms with Crippen LogP contribution in [0.25, 0.3) is 0 Å². The molecule has 0 aromatic heterocycles. The van der Waals surface area contributed by atoms with Crippen LogP contribution in [0, 0.1) is 0 Å². The summed E-state index contributed by atoms with van der Waals surface area (Å²) in [6, 6.07) is 0. The minimum atomic E-state index is -1.81. The second-order valence-electron chi connectivity index (χ2n) is 2.76. The number of carboxylic acids is 1. The zero-order chi connectivity index (χ0) is 10.2. The van der Waals surface area contributed by atoms with Gasteiger partial charge in [0, 0.05) is 0 Å². The van der Waals surface area contributed by atoms with E-state index in [0.29, 0.717) is 0 Å². The Hall–Kier alpha value is -0.770. The summed E-state index contributed by atoms with van der Waals surface area (Å²) in [4.78, 5) is 10.4. The first-order valence-corrected chi connectivity index (χ1v) is 3.55. The third-order valence-electron chi connectivity index (χ3n) is 1.83. The molecular formula is C6H12O8. The van der Waals surface area contributed by atoms with Gasteiger partial charge in [-0.15, -0.1) is 0 Å². The van der Waals surface area contributed by atoms with E-state index < -0.39 is 36.7 Å². The maximum atomic E-state index is 10.4. The molecule has 14 heavy (non-hydrogen) atoms. The normalized spacial score (nSPS) is 42.7. The van der Waals surface area contributed by atoms with Gasteiger partial charge in [-0.3, -0.25) is 0 Å². The van der Waals surface area contributed by atoms with Crippen molar-refractivity contribution in [2.45, 2.75) is 30.7 Å². The summed E-state index contributed by atoms with van der Waals surface area (Å²) in [5.74, 6) is -1.52. The van der Waals surface area contributed by atoms with Crippen LogP contribution < -0.4 is 0 Å². The average molecular weight is 212 g/mol. The summed E-state index contributed by atoms with van der Waals surface area (Å²) in [6.45, 7) is 0. The summed E-state index contributed by atoms with van der Waals surface area (Å²) < 4.78 is 4.34. The van der Waals surface area contributed by atoms with Crippen LogP contribution in [0.2, 0.25) is 0 Å². The van der Waals surface area contributed by atoms with Crippen LogP contribution in [-0.4, -0.2) is 67.7 Å². The van der Waals surface area contributed by atoms with Gasteiger partial charge in [0.05, 0.1) is 0 Å². The third kappa shape index (κ3) is 2.18. The van der Waals surface area contributed by atoms with Crippen LogP contribution in [0.5, 0.6) is 0 Å². The lowest BCUT2D eigenvalue weighted by Gasteiger charge is -2.36. The second kappa shape index (κ2) is 4.64. The fraction of sp³-hybridized carbons (Fsp3) is 0.833. The molecule has 1 saturated heterocycles. The minimum Gasteiger partial charge on any atom is -0.479 e. The molecule has 0 aromatic carbocycles. The topological polar surface area (TPSA) is 159 Å². The Labute approximate surface area is 78.3 Å². The van der Waals surface area contributed by atoms with Crippen molar-refractivity contribution in [2.24, 2.45) is 0 Å². The molecule has 1 heterocycles. The molecule has 0 aromatic rings. The first kappa shape index (κ1) is 13.2. The molecule has 0 saturated carbocycles. The molecule has 8 nitrogen and oxygen atoms in total. The van der Waals surface area contributed by atoms with Crippen LogP contribution in [-0.2, 0) is 9.53 Å². The van der Waals surface area contributed by atoms with Crippen molar-refractivity contribution in [3.05, 3.63) is 0 Å². The largest absolute Gasteiger partial charge is 0.479 e. The van der Waals surface area contributed by atoms with Crippen LogP contribution in [0.15, 0.2) is 0 Å². The van der Waals surface area contributed by atoms with Gasteiger partial charge in [0.15, 0.2) is 12.4 Å². The molecule has 0 amide bonds. The Kier molecular flexibility index (Phi) is 4.39. The van der Waals surface area contributed by atoms with Gasteiger partial charge < -0.3 is 35.7 Å². The number of carboxylic acid groups (broad SMARTS) is 1. The fourth-order valence-electron chi connectivity index (χ4n) is 1.07. The highest BCUT2D eigenvalue weighted by Crippen LogP contribution is 2.19. The number of ether oxygens (including phenoxy) is 1. The molecule has 7 N–H and O–H groups in total. The van der Waals surface area contributed by atoms with Gasteiger partial charge in [-0.2, -0.15) is 0 Å². The smallest absolute Gasteiger partial charge is 0.335 e. The molecule has 1 fully saturated rings. The van der Waals surface area contributed by atoms with Crippen LogP contribution in [0.1, 0.15) is 0 Å². The molecule has 0 radical (unpaired) electrons. The molecule has 1 aliphatic heterocycles. The average Bonchev–Trinajstić information content (AvgIpc) is 2.07. The molecule has 0 bridgehead atoms. The number of aliphatic carboxylic acids is 1. The monoisotopic (exact) mass is 212 g/mol. The maximum Gasteiger partial charge on any atom is 0.335 e. The van der Waals surface area contributed by atoms with Gasteiger partial charge in [-0.25, -0.2) is 4.79 Å². The molecular weight excluding hydrogens is 200 g/mol.